The van der Waals surface area contributed by atoms with Crippen molar-refractivity contribution in [2.24, 2.45) is 0 Å². The number of aromatic nitrogens is 4. The molecule has 0 aliphatic carbocycles. The first kappa shape index (κ1) is 16.8. The van der Waals surface area contributed by atoms with Crippen molar-refractivity contribution >= 4 is 23.1 Å². The number of thioether (sulfide) groups is 1. The zero-order chi connectivity index (χ0) is 17.8. The molecule has 0 unspecified atom stereocenters. The van der Waals surface area contributed by atoms with E-state index in [1.54, 1.807) is 23.1 Å². The number of benzene rings is 1. The van der Waals surface area contributed by atoms with E-state index in [4.69, 9.17) is 4.52 Å². The van der Waals surface area contributed by atoms with Crippen molar-refractivity contribution in [3.8, 4) is 22.0 Å². The van der Waals surface area contributed by atoms with E-state index in [9.17, 15) is 0 Å². The van der Waals surface area contributed by atoms with Crippen molar-refractivity contribution in [3.05, 3.63) is 72.3 Å². The van der Waals surface area contributed by atoms with Crippen LogP contribution in [0.3, 0.4) is 0 Å². The van der Waals surface area contributed by atoms with Crippen molar-refractivity contribution in [2.45, 2.75) is 17.5 Å². The number of allylic oxidation sites excluding steroid dienone is 1. The first-order valence-electron chi connectivity index (χ1n) is 8.07. The third-order valence-electron chi connectivity index (χ3n) is 3.73. The Hall–Kier alpha value is -2.64. The quantitative estimate of drug-likeness (QED) is 0.328. The van der Waals surface area contributed by atoms with E-state index in [0.29, 0.717) is 12.3 Å². The minimum atomic E-state index is 0.652. The molecule has 130 valence electrons. The van der Waals surface area contributed by atoms with Gasteiger partial charge in [-0.3, -0.25) is 4.57 Å². The molecule has 0 saturated heterocycles. The molecule has 4 aromatic rings. The minimum absolute atomic E-state index is 0.652. The lowest BCUT2D eigenvalue weighted by atomic mass is 10.2. The molecule has 26 heavy (non-hydrogen) atoms. The van der Waals surface area contributed by atoms with E-state index < -0.39 is 0 Å². The highest BCUT2D eigenvalue weighted by Gasteiger charge is 2.15. The molecule has 0 fully saturated rings. The van der Waals surface area contributed by atoms with Gasteiger partial charge < -0.3 is 4.52 Å². The predicted molar refractivity (Wildman–Crippen MR) is 105 cm³/mol. The fraction of sp³-hybridized carbons (Fsp3) is 0.105. The maximum atomic E-state index is 5.44. The van der Waals surface area contributed by atoms with Gasteiger partial charge in [0, 0.05) is 23.9 Å². The van der Waals surface area contributed by atoms with E-state index in [-0.39, 0.29) is 0 Å². The molecular formula is C19H16N4OS2. The summed E-state index contributed by atoms with van der Waals surface area (Å²) in [5.41, 5.74) is 1.92. The minimum Gasteiger partial charge on any atom is -0.355 e. The van der Waals surface area contributed by atoms with Gasteiger partial charge in [0.1, 0.15) is 0 Å². The lowest BCUT2D eigenvalue weighted by molar-refractivity contribution is 0.427. The second-order valence-electron chi connectivity index (χ2n) is 5.52. The number of rotatable bonds is 7. The molecule has 4 rings (SSSR count). The van der Waals surface area contributed by atoms with Crippen molar-refractivity contribution in [1.29, 1.82) is 0 Å². The maximum Gasteiger partial charge on any atom is 0.192 e. The van der Waals surface area contributed by atoms with Gasteiger partial charge in [0.15, 0.2) is 16.7 Å². The standard InChI is InChI=1S/C19H16N4OS2/c1-2-10-23-18(14-7-4-3-5-8-14)20-21-19(23)26-13-15-12-16(24-22-15)17-9-6-11-25-17/h2-9,11-12H,1,10,13H2. The van der Waals surface area contributed by atoms with Crippen LogP contribution >= 0.6 is 23.1 Å². The monoisotopic (exact) mass is 380 g/mol. The Kier molecular flexibility index (Phi) is 4.99. The van der Waals surface area contributed by atoms with Crippen LogP contribution in [-0.2, 0) is 12.3 Å². The fourth-order valence-electron chi connectivity index (χ4n) is 2.54. The van der Waals surface area contributed by atoms with E-state index >= 15 is 0 Å². The number of hydrogen-bond donors (Lipinski definition) is 0. The number of hydrogen-bond acceptors (Lipinski definition) is 6. The van der Waals surface area contributed by atoms with Gasteiger partial charge in [-0.05, 0) is 11.4 Å². The molecule has 3 heterocycles. The summed E-state index contributed by atoms with van der Waals surface area (Å²) in [7, 11) is 0. The third kappa shape index (κ3) is 3.49. The molecule has 5 nitrogen and oxygen atoms in total. The molecule has 0 N–H and O–H groups in total. The molecule has 0 spiro atoms. The average Bonchev–Trinajstić information content (AvgIpc) is 3.42. The van der Waals surface area contributed by atoms with Gasteiger partial charge in [0.25, 0.3) is 0 Å². The molecule has 0 aliphatic heterocycles. The molecule has 0 bridgehead atoms. The van der Waals surface area contributed by atoms with Crippen LogP contribution in [0.4, 0.5) is 0 Å². The van der Waals surface area contributed by atoms with Crippen molar-refractivity contribution in [1.82, 2.24) is 19.9 Å². The van der Waals surface area contributed by atoms with Crippen LogP contribution in [0, 0.1) is 0 Å². The summed E-state index contributed by atoms with van der Waals surface area (Å²) in [6.45, 7) is 4.50. The number of nitrogens with zero attached hydrogens (tertiary/aromatic N) is 4. The molecular weight excluding hydrogens is 364 g/mol. The molecule has 0 amide bonds. The lowest BCUT2D eigenvalue weighted by Crippen LogP contribution is -2.00. The van der Waals surface area contributed by atoms with E-state index in [2.05, 4.69) is 26.5 Å². The van der Waals surface area contributed by atoms with Crippen LogP contribution in [0.25, 0.3) is 22.0 Å². The normalized spacial score (nSPS) is 10.9. The van der Waals surface area contributed by atoms with Gasteiger partial charge >= 0.3 is 0 Å². The molecule has 0 atom stereocenters. The topological polar surface area (TPSA) is 56.7 Å². The van der Waals surface area contributed by atoms with E-state index in [1.165, 1.54) is 0 Å². The fourth-order valence-corrected chi connectivity index (χ4v) is 4.04. The van der Waals surface area contributed by atoms with Gasteiger partial charge in [-0.15, -0.1) is 28.1 Å². The molecule has 0 radical (unpaired) electrons. The Balaban J connectivity index is 1.53. The van der Waals surface area contributed by atoms with Gasteiger partial charge in [-0.25, -0.2) is 0 Å². The Morgan fingerprint density at radius 1 is 1.15 bits per heavy atom. The zero-order valence-corrected chi connectivity index (χ0v) is 15.5. The highest BCUT2D eigenvalue weighted by molar-refractivity contribution is 7.98. The maximum absolute atomic E-state index is 5.44. The zero-order valence-electron chi connectivity index (χ0n) is 13.9. The highest BCUT2D eigenvalue weighted by atomic mass is 32.2. The molecule has 3 aromatic heterocycles. The first-order chi connectivity index (χ1) is 12.8. The molecule has 0 saturated carbocycles. The Labute approximate surface area is 159 Å². The van der Waals surface area contributed by atoms with Crippen LogP contribution in [0.2, 0.25) is 0 Å². The smallest absolute Gasteiger partial charge is 0.192 e. The summed E-state index contributed by atoms with van der Waals surface area (Å²) in [5, 5.41) is 15.7. The summed E-state index contributed by atoms with van der Waals surface area (Å²) in [5.74, 6) is 2.31. The molecule has 0 aliphatic rings. The van der Waals surface area contributed by atoms with Gasteiger partial charge in [0.2, 0.25) is 0 Å². The largest absolute Gasteiger partial charge is 0.355 e. The van der Waals surface area contributed by atoms with Crippen molar-refractivity contribution in [3.63, 3.8) is 0 Å². The van der Waals surface area contributed by atoms with Crippen LogP contribution in [-0.4, -0.2) is 19.9 Å². The van der Waals surface area contributed by atoms with E-state index in [1.807, 2.05) is 60.0 Å². The Bertz CT molecular complexity index is 990. The summed E-state index contributed by atoms with van der Waals surface area (Å²) >= 11 is 3.22. The van der Waals surface area contributed by atoms with Gasteiger partial charge in [0.05, 0.1) is 10.6 Å². The highest BCUT2D eigenvalue weighted by Crippen LogP contribution is 2.29. The Morgan fingerprint density at radius 2 is 2.04 bits per heavy atom. The van der Waals surface area contributed by atoms with E-state index in [0.717, 1.165) is 32.9 Å². The summed E-state index contributed by atoms with van der Waals surface area (Å²) in [6, 6.07) is 16.0. The van der Waals surface area contributed by atoms with Crippen molar-refractivity contribution in [2.75, 3.05) is 0 Å². The summed E-state index contributed by atoms with van der Waals surface area (Å²) < 4.78 is 7.50. The Morgan fingerprint density at radius 3 is 2.81 bits per heavy atom. The molecule has 1 aromatic carbocycles. The predicted octanol–water partition coefficient (Wildman–Crippen LogP) is 5.14. The van der Waals surface area contributed by atoms with Crippen molar-refractivity contribution < 1.29 is 4.52 Å². The van der Waals surface area contributed by atoms with Crippen LogP contribution in [0.5, 0.6) is 0 Å². The van der Waals surface area contributed by atoms with Gasteiger partial charge in [-0.1, -0.05) is 59.4 Å². The van der Waals surface area contributed by atoms with Gasteiger partial charge in [-0.2, -0.15) is 0 Å². The second-order valence-corrected chi connectivity index (χ2v) is 7.41. The second kappa shape index (κ2) is 7.72. The third-order valence-corrected chi connectivity index (χ3v) is 5.62. The number of thiophene rings is 1. The SMILES string of the molecule is C=CCn1c(SCc2cc(-c3cccs3)on2)nnc1-c1ccccc1. The first-order valence-corrected chi connectivity index (χ1v) is 9.93. The van der Waals surface area contributed by atoms with Crippen LogP contribution < -0.4 is 0 Å². The average molecular weight is 380 g/mol. The lowest BCUT2D eigenvalue weighted by Gasteiger charge is -2.07. The summed E-state index contributed by atoms with van der Waals surface area (Å²) in [6.07, 6.45) is 1.85. The van der Waals surface area contributed by atoms with Crippen LogP contribution in [0.15, 0.2) is 76.2 Å². The molecule has 7 heteroatoms. The summed E-state index contributed by atoms with van der Waals surface area (Å²) in [4.78, 5) is 1.08. The van der Waals surface area contributed by atoms with Crippen LogP contribution in [0.1, 0.15) is 5.69 Å².